The molecule has 0 aliphatic carbocycles. The lowest BCUT2D eigenvalue weighted by atomic mass is 10.1. The van der Waals surface area contributed by atoms with E-state index in [0.29, 0.717) is 11.8 Å². The van der Waals surface area contributed by atoms with Crippen LogP contribution in [0.4, 0.5) is 23.2 Å². The van der Waals surface area contributed by atoms with E-state index in [0.717, 1.165) is 20.9 Å². The van der Waals surface area contributed by atoms with Gasteiger partial charge in [-0.05, 0) is 61.4 Å². The molecule has 0 saturated heterocycles. The molecule has 0 unspecified atom stereocenters. The second kappa shape index (κ2) is 8.06. The second-order valence-corrected chi connectivity index (χ2v) is 7.31. The molecule has 0 radical (unpaired) electrons. The maximum absolute atomic E-state index is 13.7. The molecule has 2 nitrogen and oxygen atoms in total. The van der Waals surface area contributed by atoms with Gasteiger partial charge in [0.05, 0.1) is 5.56 Å². The molecule has 3 rings (SSSR count). The molecule has 0 aliphatic rings. The monoisotopic (exact) mass is 405 g/mol. The van der Waals surface area contributed by atoms with Crippen molar-refractivity contribution >= 4 is 23.4 Å². The Morgan fingerprint density at radius 2 is 1.54 bits per heavy atom. The van der Waals surface area contributed by atoms with Gasteiger partial charge in [-0.2, -0.15) is 0 Å². The lowest BCUT2D eigenvalue weighted by molar-refractivity contribution is 0.102. The molecule has 1 amide bonds. The van der Waals surface area contributed by atoms with Gasteiger partial charge >= 0.3 is 0 Å². The molecule has 0 bridgehead atoms. The highest BCUT2D eigenvalue weighted by Crippen LogP contribution is 2.31. The third-order valence-corrected chi connectivity index (χ3v) is 5.20. The van der Waals surface area contributed by atoms with Gasteiger partial charge in [0.25, 0.3) is 5.91 Å². The van der Waals surface area contributed by atoms with Crippen molar-refractivity contribution in [2.75, 3.05) is 5.32 Å². The van der Waals surface area contributed by atoms with Crippen LogP contribution in [0.2, 0.25) is 0 Å². The molecule has 0 atom stereocenters. The average Bonchev–Trinajstić information content (AvgIpc) is 2.67. The number of anilines is 1. The molecule has 0 aromatic heterocycles. The van der Waals surface area contributed by atoms with Gasteiger partial charge in [-0.15, -0.1) is 0 Å². The number of hydrogen-bond donors (Lipinski definition) is 1. The summed E-state index contributed by atoms with van der Waals surface area (Å²) in [5.74, 6) is -8.43. The summed E-state index contributed by atoms with van der Waals surface area (Å²) in [7, 11) is 0. The van der Waals surface area contributed by atoms with Crippen LogP contribution in [0.1, 0.15) is 21.5 Å². The first-order chi connectivity index (χ1) is 13.3. The number of hydrogen-bond acceptors (Lipinski definition) is 2. The van der Waals surface area contributed by atoms with Crippen LogP contribution in [0.3, 0.4) is 0 Å². The van der Waals surface area contributed by atoms with Crippen molar-refractivity contribution in [3.8, 4) is 0 Å². The van der Waals surface area contributed by atoms with Gasteiger partial charge in [0.15, 0.2) is 23.3 Å². The minimum absolute atomic E-state index is 0.305. The van der Waals surface area contributed by atoms with Crippen molar-refractivity contribution in [3.05, 3.63) is 88.5 Å². The summed E-state index contributed by atoms with van der Waals surface area (Å²) in [5.41, 5.74) is 1.66. The number of nitrogens with one attached hydrogen (secondary N) is 1. The van der Waals surface area contributed by atoms with Gasteiger partial charge in [-0.3, -0.25) is 4.79 Å². The topological polar surface area (TPSA) is 29.1 Å². The summed E-state index contributed by atoms with van der Waals surface area (Å²) in [5, 5.41) is 2.34. The predicted octanol–water partition coefficient (Wildman–Crippen LogP) is 6.26. The van der Waals surface area contributed by atoms with Gasteiger partial charge in [0.1, 0.15) is 0 Å². The number of amides is 1. The van der Waals surface area contributed by atoms with E-state index in [9.17, 15) is 22.4 Å². The molecule has 0 spiro atoms. The molecular formula is C21H15F4NOS. The number of benzene rings is 3. The first-order valence-corrected chi connectivity index (χ1v) is 9.07. The lowest BCUT2D eigenvalue weighted by Crippen LogP contribution is -2.16. The highest BCUT2D eigenvalue weighted by molar-refractivity contribution is 7.99. The molecule has 0 heterocycles. The van der Waals surface area contributed by atoms with Crippen LogP contribution in [0.5, 0.6) is 0 Å². The van der Waals surface area contributed by atoms with Crippen LogP contribution >= 0.6 is 11.8 Å². The van der Waals surface area contributed by atoms with Crippen LogP contribution in [-0.2, 0) is 0 Å². The van der Waals surface area contributed by atoms with E-state index in [1.165, 1.54) is 0 Å². The third kappa shape index (κ3) is 4.20. The second-order valence-electron chi connectivity index (χ2n) is 6.20. The fourth-order valence-corrected chi connectivity index (χ4v) is 3.49. The normalized spacial score (nSPS) is 10.8. The summed E-state index contributed by atoms with van der Waals surface area (Å²) < 4.78 is 53.3. The SMILES string of the molecule is Cc1ccc(C)c(Sc2ccc(NC(=O)c3cc(F)c(F)c(F)c3F)cc2)c1. The summed E-state index contributed by atoms with van der Waals surface area (Å²) in [6.45, 7) is 4.01. The molecule has 1 N–H and O–H groups in total. The van der Waals surface area contributed by atoms with Crippen LogP contribution in [0.25, 0.3) is 0 Å². The fraction of sp³-hybridized carbons (Fsp3) is 0.0952. The number of carbonyl (C=O) groups is 1. The Balaban J connectivity index is 1.76. The Kier molecular flexibility index (Phi) is 5.74. The lowest BCUT2D eigenvalue weighted by Gasteiger charge is -2.10. The van der Waals surface area contributed by atoms with Crippen molar-refractivity contribution in [3.63, 3.8) is 0 Å². The molecule has 0 aliphatic heterocycles. The van der Waals surface area contributed by atoms with Gasteiger partial charge < -0.3 is 5.32 Å². The minimum atomic E-state index is -2.02. The highest BCUT2D eigenvalue weighted by Gasteiger charge is 2.23. The van der Waals surface area contributed by atoms with Crippen molar-refractivity contribution in [2.45, 2.75) is 23.6 Å². The van der Waals surface area contributed by atoms with E-state index in [1.54, 1.807) is 36.0 Å². The van der Waals surface area contributed by atoms with Crippen LogP contribution in [0, 0.1) is 37.1 Å². The molecule has 0 saturated carbocycles. The van der Waals surface area contributed by atoms with Crippen molar-refractivity contribution in [1.29, 1.82) is 0 Å². The quantitative estimate of drug-likeness (QED) is 0.315. The van der Waals surface area contributed by atoms with Crippen molar-refractivity contribution in [2.24, 2.45) is 0 Å². The van der Waals surface area contributed by atoms with E-state index < -0.39 is 34.7 Å². The van der Waals surface area contributed by atoms with Crippen LogP contribution < -0.4 is 5.32 Å². The molecule has 0 fully saturated rings. The smallest absolute Gasteiger partial charge is 0.258 e. The molecular weight excluding hydrogens is 390 g/mol. The molecule has 7 heteroatoms. The molecule has 3 aromatic carbocycles. The summed E-state index contributed by atoms with van der Waals surface area (Å²) in [4.78, 5) is 14.1. The average molecular weight is 405 g/mol. The van der Waals surface area contributed by atoms with E-state index in [1.807, 2.05) is 26.0 Å². The standard InChI is InChI=1S/C21H15F4NOS/c1-11-3-4-12(2)17(9-11)28-14-7-5-13(6-8-14)26-21(27)15-10-16(22)19(24)20(25)18(15)23/h3-10H,1-2H3,(H,26,27). The first kappa shape index (κ1) is 19.9. The third-order valence-electron chi connectivity index (χ3n) is 4.03. The first-order valence-electron chi connectivity index (χ1n) is 8.26. The van der Waals surface area contributed by atoms with Crippen molar-refractivity contribution < 1.29 is 22.4 Å². The minimum Gasteiger partial charge on any atom is -0.322 e. The highest BCUT2D eigenvalue weighted by atomic mass is 32.2. The van der Waals surface area contributed by atoms with E-state index >= 15 is 0 Å². The zero-order chi connectivity index (χ0) is 20.4. The van der Waals surface area contributed by atoms with Gasteiger partial charge in [0, 0.05) is 15.5 Å². The maximum Gasteiger partial charge on any atom is 0.258 e. The van der Waals surface area contributed by atoms with E-state index in [-0.39, 0.29) is 0 Å². The maximum atomic E-state index is 13.7. The number of aryl methyl sites for hydroxylation is 2. The number of carbonyl (C=O) groups excluding carboxylic acids is 1. The Morgan fingerprint density at radius 3 is 2.21 bits per heavy atom. The molecule has 3 aromatic rings. The number of halogens is 4. The summed E-state index contributed by atoms with van der Waals surface area (Å²) >= 11 is 1.55. The Bertz CT molecular complexity index is 1050. The Morgan fingerprint density at radius 1 is 0.857 bits per heavy atom. The zero-order valence-corrected chi connectivity index (χ0v) is 15.8. The Labute approximate surface area is 163 Å². The van der Waals surface area contributed by atoms with Crippen molar-refractivity contribution in [1.82, 2.24) is 0 Å². The fourth-order valence-electron chi connectivity index (χ4n) is 2.49. The van der Waals surface area contributed by atoms with E-state index in [4.69, 9.17) is 0 Å². The van der Waals surface area contributed by atoms with Crippen LogP contribution in [0.15, 0.2) is 58.3 Å². The van der Waals surface area contributed by atoms with Gasteiger partial charge in [-0.1, -0.05) is 23.9 Å². The predicted molar refractivity (Wildman–Crippen MR) is 101 cm³/mol. The van der Waals surface area contributed by atoms with Crippen LogP contribution in [-0.4, -0.2) is 5.91 Å². The van der Waals surface area contributed by atoms with E-state index in [2.05, 4.69) is 11.4 Å². The van der Waals surface area contributed by atoms with Gasteiger partial charge in [0.2, 0.25) is 0 Å². The number of rotatable bonds is 4. The molecule has 28 heavy (non-hydrogen) atoms. The summed E-state index contributed by atoms with van der Waals surface area (Å²) in [6.07, 6.45) is 0. The zero-order valence-electron chi connectivity index (χ0n) is 14.9. The van der Waals surface area contributed by atoms with Gasteiger partial charge in [-0.25, -0.2) is 17.6 Å². The molecule has 144 valence electrons. The summed E-state index contributed by atoms with van der Waals surface area (Å²) in [6, 6.07) is 13.1. The Hall–Kier alpha value is -2.80. The largest absolute Gasteiger partial charge is 0.322 e.